The third-order valence-electron chi connectivity index (χ3n) is 2.84. The molecule has 0 aliphatic rings. The summed E-state index contributed by atoms with van der Waals surface area (Å²) < 4.78 is 14.5. The predicted octanol–water partition coefficient (Wildman–Crippen LogP) is 3.90. The first-order chi connectivity index (χ1) is 9.88. The Morgan fingerprint density at radius 1 is 1.29 bits per heavy atom. The highest BCUT2D eigenvalue weighted by molar-refractivity contribution is 14.1. The Hall–Kier alpha value is -2.03. The molecule has 0 radical (unpaired) electrons. The van der Waals surface area contributed by atoms with Crippen molar-refractivity contribution < 1.29 is 14.1 Å². The van der Waals surface area contributed by atoms with Crippen molar-refractivity contribution in [1.29, 1.82) is 0 Å². The number of nitro groups is 1. The molecule has 2 aromatic rings. The molecule has 108 valence electrons. The van der Waals surface area contributed by atoms with Crippen molar-refractivity contribution in [3.8, 4) is 0 Å². The van der Waals surface area contributed by atoms with Gasteiger partial charge in [-0.2, -0.15) is 4.39 Å². The molecule has 5 nitrogen and oxygen atoms in total. The van der Waals surface area contributed by atoms with E-state index in [1.165, 1.54) is 6.07 Å². The molecule has 7 heteroatoms. The molecule has 2 rings (SSSR count). The van der Waals surface area contributed by atoms with E-state index in [2.05, 4.69) is 27.9 Å². The lowest BCUT2D eigenvalue weighted by atomic mass is 10.1. The molecule has 21 heavy (non-hydrogen) atoms. The van der Waals surface area contributed by atoms with Crippen LogP contribution in [0.4, 0.5) is 15.8 Å². The van der Waals surface area contributed by atoms with Crippen LogP contribution in [0, 0.1) is 26.4 Å². The summed E-state index contributed by atoms with van der Waals surface area (Å²) in [5.41, 5.74) is 0.852. The summed E-state index contributed by atoms with van der Waals surface area (Å²) in [5, 5.41) is 13.2. The number of halogens is 2. The summed E-state index contributed by atoms with van der Waals surface area (Å²) in [6.07, 6.45) is 0. The van der Waals surface area contributed by atoms with Crippen LogP contribution in [0.1, 0.15) is 15.9 Å². The predicted molar refractivity (Wildman–Crippen MR) is 84.9 cm³/mol. The fourth-order valence-corrected chi connectivity index (χ4v) is 2.40. The number of hydrogen-bond acceptors (Lipinski definition) is 3. The Morgan fingerprint density at radius 2 is 2.00 bits per heavy atom. The van der Waals surface area contributed by atoms with E-state index in [1.807, 2.05) is 19.1 Å². The normalized spacial score (nSPS) is 10.2. The van der Waals surface area contributed by atoms with Crippen LogP contribution >= 0.6 is 22.6 Å². The topological polar surface area (TPSA) is 72.2 Å². The van der Waals surface area contributed by atoms with Gasteiger partial charge in [0.15, 0.2) is 0 Å². The van der Waals surface area contributed by atoms with E-state index in [0.29, 0.717) is 5.69 Å². The number of nitrogens with zero attached hydrogens (tertiary/aromatic N) is 1. The first-order valence-corrected chi connectivity index (χ1v) is 6.98. The van der Waals surface area contributed by atoms with Crippen molar-refractivity contribution >= 4 is 39.9 Å². The Balaban J connectivity index is 2.24. The van der Waals surface area contributed by atoms with Crippen LogP contribution in [0.15, 0.2) is 36.4 Å². The third kappa shape index (κ3) is 3.54. The van der Waals surface area contributed by atoms with E-state index in [1.54, 1.807) is 6.07 Å². The first kappa shape index (κ1) is 15.4. The molecular weight excluding hydrogens is 390 g/mol. The maximum Gasteiger partial charge on any atom is 0.304 e. The van der Waals surface area contributed by atoms with Gasteiger partial charge in [0.25, 0.3) is 5.91 Å². The molecule has 0 saturated heterocycles. The first-order valence-electron chi connectivity index (χ1n) is 5.90. The van der Waals surface area contributed by atoms with Crippen LogP contribution in [0.3, 0.4) is 0 Å². The molecule has 0 heterocycles. The maximum atomic E-state index is 13.5. The molecule has 2 aromatic carbocycles. The van der Waals surface area contributed by atoms with Crippen molar-refractivity contribution in [2.45, 2.75) is 6.92 Å². The standard InChI is InChI=1S/C14H10FIN2O3/c1-8-6-10(16)3-4-12(8)17-14(19)9-2-5-13(18(20)21)11(15)7-9/h2-7H,1H3,(H,17,19). The van der Waals surface area contributed by atoms with Gasteiger partial charge in [-0.15, -0.1) is 0 Å². The molecular formula is C14H10FIN2O3. The van der Waals surface area contributed by atoms with Crippen LogP contribution in [-0.4, -0.2) is 10.8 Å². The fraction of sp³-hybridized carbons (Fsp3) is 0.0714. The van der Waals surface area contributed by atoms with Crippen molar-refractivity contribution in [2.24, 2.45) is 0 Å². The van der Waals surface area contributed by atoms with Gasteiger partial charge in [0, 0.05) is 20.9 Å². The molecule has 1 N–H and O–H groups in total. The van der Waals surface area contributed by atoms with E-state index in [0.717, 1.165) is 21.3 Å². The molecule has 0 aromatic heterocycles. The van der Waals surface area contributed by atoms with Gasteiger partial charge in [-0.1, -0.05) is 0 Å². The molecule has 0 spiro atoms. The SMILES string of the molecule is Cc1cc(I)ccc1NC(=O)c1ccc([N+](=O)[O-])c(F)c1. The quantitative estimate of drug-likeness (QED) is 0.483. The Morgan fingerprint density at radius 3 is 2.57 bits per heavy atom. The second-order valence-electron chi connectivity index (χ2n) is 4.34. The number of aryl methyl sites for hydroxylation is 1. The zero-order chi connectivity index (χ0) is 15.6. The fourth-order valence-electron chi connectivity index (χ4n) is 1.76. The number of carbonyl (C=O) groups is 1. The summed E-state index contributed by atoms with van der Waals surface area (Å²) in [6, 6.07) is 8.53. The van der Waals surface area contributed by atoms with Gasteiger partial charge in [0.2, 0.25) is 5.82 Å². The second kappa shape index (κ2) is 6.17. The minimum absolute atomic E-state index is 0.0241. The molecule has 0 aliphatic carbocycles. The maximum absolute atomic E-state index is 13.5. The monoisotopic (exact) mass is 400 g/mol. The smallest absolute Gasteiger partial charge is 0.304 e. The van der Waals surface area contributed by atoms with Crippen LogP contribution in [-0.2, 0) is 0 Å². The van der Waals surface area contributed by atoms with Crippen molar-refractivity contribution in [2.75, 3.05) is 5.32 Å². The van der Waals surface area contributed by atoms with Gasteiger partial charge < -0.3 is 5.32 Å². The number of nitrogens with one attached hydrogen (secondary N) is 1. The Labute approximate surface area is 133 Å². The number of anilines is 1. The Kier molecular flexibility index (Phi) is 4.51. The number of nitro benzene ring substituents is 1. The number of hydrogen-bond donors (Lipinski definition) is 1. The van der Waals surface area contributed by atoms with Crippen LogP contribution < -0.4 is 5.32 Å². The number of carbonyl (C=O) groups excluding carboxylic acids is 1. The molecule has 0 aliphatic heterocycles. The van der Waals surface area contributed by atoms with Gasteiger partial charge in [-0.05, 0) is 65.4 Å². The van der Waals surface area contributed by atoms with E-state index in [9.17, 15) is 19.3 Å². The van der Waals surface area contributed by atoms with Gasteiger partial charge in [0.05, 0.1) is 4.92 Å². The van der Waals surface area contributed by atoms with Crippen LogP contribution in [0.5, 0.6) is 0 Å². The van der Waals surface area contributed by atoms with Gasteiger partial charge >= 0.3 is 5.69 Å². The molecule has 0 unspecified atom stereocenters. The van der Waals surface area contributed by atoms with E-state index < -0.39 is 22.3 Å². The second-order valence-corrected chi connectivity index (χ2v) is 5.58. The molecule has 0 fully saturated rings. The summed E-state index contributed by atoms with van der Waals surface area (Å²) in [4.78, 5) is 21.7. The molecule has 0 bridgehead atoms. The number of benzene rings is 2. The van der Waals surface area contributed by atoms with Crippen molar-refractivity contribution in [3.05, 3.63) is 67.0 Å². The Bertz CT molecular complexity index is 734. The minimum atomic E-state index is -1.04. The number of rotatable bonds is 3. The average Bonchev–Trinajstić information content (AvgIpc) is 2.41. The number of amides is 1. The summed E-state index contributed by atoms with van der Waals surface area (Å²) >= 11 is 2.16. The summed E-state index contributed by atoms with van der Waals surface area (Å²) in [7, 11) is 0. The van der Waals surface area contributed by atoms with Crippen LogP contribution in [0.25, 0.3) is 0 Å². The minimum Gasteiger partial charge on any atom is -0.322 e. The van der Waals surface area contributed by atoms with Gasteiger partial charge in [-0.3, -0.25) is 14.9 Å². The highest BCUT2D eigenvalue weighted by Gasteiger charge is 2.17. The van der Waals surface area contributed by atoms with Crippen molar-refractivity contribution in [1.82, 2.24) is 0 Å². The highest BCUT2D eigenvalue weighted by atomic mass is 127. The average molecular weight is 400 g/mol. The lowest BCUT2D eigenvalue weighted by Gasteiger charge is -2.09. The van der Waals surface area contributed by atoms with Gasteiger partial charge in [0.1, 0.15) is 0 Å². The summed E-state index contributed by atoms with van der Waals surface area (Å²) in [5.74, 6) is -1.56. The van der Waals surface area contributed by atoms with Crippen LogP contribution in [0.2, 0.25) is 0 Å². The van der Waals surface area contributed by atoms with Gasteiger partial charge in [-0.25, -0.2) is 0 Å². The van der Waals surface area contributed by atoms with E-state index in [-0.39, 0.29) is 5.56 Å². The zero-order valence-corrected chi connectivity index (χ0v) is 13.0. The molecule has 0 atom stereocenters. The zero-order valence-electron chi connectivity index (χ0n) is 10.9. The van der Waals surface area contributed by atoms with Crippen molar-refractivity contribution in [3.63, 3.8) is 0 Å². The molecule has 0 saturated carbocycles. The largest absolute Gasteiger partial charge is 0.322 e. The molecule has 1 amide bonds. The third-order valence-corrected chi connectivity index (χ3v) is 3.51. The lowest BCUT2D eigenvalue weighted by Crippen LogP contribution is -2.13. The highest BCUT2D eigenvalue weighted by Crippen LogP contribution is 2.21. The summed E-state index contributed by atoms with van der Waals surface area (Å²) in [6.45, 7) is 1.84. The van der Waals surface area contributed by atoms with E-state index in [4.69, 9.17) is 0 Å². The van der Waals surface area contributed by atoms with E-state index >= 15 is 0 Å². The lowest BCUT2D eigenvalue weighted by molar-refractivity contribution is -0.387.